The quantitative estimate of drug-likeness (QED) is 0.923. The minimum Gasteiger partial charge on any atom is -0.415 e. The Balaban J connectivity index is 2.70. The molecule has 0 amide bonds. The van der Waals surface area contributed by atoms with E-state index in [1.807, 2.05) is 0 Å². The smallest absolute Gasteiger partial charge is 0.388 e. The Labute approximate surface area is 96.4 Å². The van der Waals surface area contributed by atoms with Gasteiger partial charge in [-0.2, -0.15) is 8.78 Å². The molecule has 0 saturated carbocycles. The molecule has 0 aliphatic carbocycles. The lowest BCUT2D eigenvalue weighted by molar-refractivity contribution is -0.0522. The van der Waals surface area contributed by atoms with Gasteiger partial charge in [0.25, 0.3) is 5.56 Å². The number of ether oxygens (including phenoxy) is 1. The molecule has 0 bridgehead atoms. The molecule has 1 aromatic carbocycles. The molecule has 0 saturated heterocycles. The maximum Gasteiger partial charge on any atom is 0.388 e. The molecule has 0 aliphatic heterocycles. The van der Waals surface area contributed by atoms with E-state index >= 15 is 0 Å². The minimum atomic E-state index is -2.99. The lowest BCUT2D eigenvalue weighted by Gasteiger charge is -2.05. The molecule has 0 fully saturated rings. The monoisotopic (exact) mass is 290 g/mol. The lowest BCUT2D eigenvalue weighted by atomic mass is 10.2. The van der Waals surface area contributed by atoms with Crippen molar-refractivity contribution in [2.24, 2.45) is 0 Å². The van der Waals surface area contributed by atoms with Crippen molar-refractivity contribution in [3.63, 3.8) is 0 Å². The van der Waals surface area contributed by atoms with Crippen LogP contribution in [-0.4, -0.2) is 16.8 Å². The molecular weight excluding hydrogens is 286 g/mol. The van der Waals surface area contributed by atoms with E-state index < -0.39 is 12.2 Å². The summed E-state index contributed by atoms with van der Waals surface area (Å²) in [5.74, 6) is -0.300. The average molecular weight is 291 g/mol. The topological polar surface area (TPSA) is 55.0 Å². The van der Waals surface area contributed by atoms with Gasteiger partial charge < -0.3 is 4.74 Å². The molecule has 0 atom stereocenters. The van der Waals surface area contributed by atoms with Crippen LogP contribution in [-0.2, 0) is 0 Å². The molecule has 0 unspecified atom stereocenters. The maximum atomic E-state index is 12.1. The van der Waals surface area contributed by atoms with Crippen molar-refractivity contribution in [3.8, 4) is 5.88 Å². The molecule has 0 spiro atoms. The van der Waals surface area contributed by atoms with E-state index in [0.29, 0.717) is 4.47 Å². The van der Waals surface area contributed by atoms with E-state index in [2.05, 4.69) is 30.9 Å². The van der Waals surface area contributed by atoms with Gasteiger partial charge in [0.05, 0.1) is 10.8 Å². The van der Waals surface area contributed by atoms with Crippen molar-refractivity contribution in [2.45, 2.75) is 6.61 Å². The third kappa shape index (κ3) is 2.04. The minimum absolute atomic E-state index is 0.235. The van der Waals surface area contributed by atoms with Gasteiger partial charge in [-0.05, 0) is 18.2 Å². The number of alkyl halides is 2. The Morgan fingerprint density at radius 1 is 1.38 bits per heavy atom. The van der Waals surface area contributed by atoms with E-state index in [1.54, 1.807) is 6.07 Å². The first-order valence-corrected chi connectivity index (χ1v) is 5.00. The normalized spacial score (nSPS) is 11.0. The zero-order valence-electron chi connectivity index (χ0n) is 7.71. The van der Waals surface area contributed by atoms with E-state index in [4.69, 9.17) is 0 Å². The van der Waals surface area contributed by atoms with Crippen molar-refractivity contribution in [2.75, 3.05) is 0 Å². The highest BCUT2D eigenvalue weighted by atomic mass is 79.9. The van der Waals surface area contributed by atoms with E-state index in [9.17, 15) is 13.6 Å². The second-order valence-electron chi connectivity index (χ2n) is 2.93. The van der Waals surface area contributed by atoms with Crippen molar-refractivity contribution in [3.05, 3.63) is 33.0 Å². The second kappa shape index (κ2) is 4.17. The van der Waals surface area contributed by atoms with Gasteiger partial charge in [0.2, 0.25) is 5.88 Å². The predicted octanol–water partition coefficient (Wildman–Crippen LogP) is 2.29. The zero-order chi connectivity index (χ0) is 11.7. The molecule has 0 aliphatic rings. The van der Waals surface area contributed by atoms with Gasteiger partial charge in [0.1, 0.15) is 0 Å². The zero-order valence-corrected chi connectivity index (χ0v) is 9.29. The van der Waals surface area contributed by atoms with Crippen LogP contribution in [0.25, 0.3) is 10.8 Å². The lowest BCUT2D eigenvalue weighted by Crippen LogP contribution is -2.12. The van der Waals surface area contributed by atoms with E-state index in [0.717, 1.165) is 0 Å². The molecule has 1 heterocycles. The van der Waals surface area contributed by atoms with Crippen molar-refractivity contribution in [1.82, 2.24) is 10.2 Å². The number of nitrogens with zero attached hydrogens (tertiary/aromatic N) is 1. The van der Waals surface area contributed by atoms with Crippen LogP contribution in [0.4, 0.5) is 8.78 Å². The first kappa shape index (κ1) is 11.0. The van der Waals surface area contributed by atoms with Crippen LogP contribution in [0.1, 0.15) is 0 Å². The average Bonchev–Trinajstić information content (AvgIpc) is 2.22. The van der Waals surface area contributed by atoms with Gasteiger partial charge in [-0.1, -0.05) is 15.9 Å². The molecule has 0 radical (unpaired) electrons. The SMILES string of the molecule is O=c1[nH]nc(OC(F)F)c2cc(Br)ccc12. The third-order valence-electron chi connectivity index (χ3n) is 1.92. The number of rotatable bonds is 2. The Bertz CT molecular complexity index is 585. The van der Waals surface area contributed by atoms with Crippen molar-refractivity contribution < 1.29 is 13.5 Å². The summed E-state index contributed by atoms with van der Waals surface area (Å²) in [6.07, 6.45) is 0. The largest absolute Gasteiger partial charge is 0.415 e. The van der Waals surface area contributed by atoms with E-state index in [-0.39, 0.29) is 16.7 Å². The molecule has 2 rings (SSSR count). The summed E-state index contributed by atoms with van der Waals surface area (Å²) in [4.78, 5) is 11.4. The number of benzene rings is 1. The molecule has 4 nitrogen and oxygen atoms in total. The van der Waals surface area contributed by atoms with Crippen LogP contribution in [0.2, 0.25) is 0 Å². The van der Waals surface area contributed by atoms with Crippen LogP contribution < -0.4 is 10.3 Å². The number of hydrogen-bond acceptors (Lipinski definition) is 3. The number of nitrogens with one attached hydrogen (secondary N) is 1. The van der Waals surface area contributed by atoms with Gasteiger partial charge in [-0.15, -0.1) is 5.10 Å². The van der Waals surface area contributed by atoms with Gasteiger partial charge in [0, 0.05) is 4.47 Å². The summed E-state index contributed by atoms with van der Waals surface area (Å²) < 4.78 is 29.0. The van der Waals surface area contributed by atoms with Crippen LogP contribution in [0, 0.1) is 0 Å². The molecule has 7 heteroatoms. The fourth-order valence-electron chi connectivity index (χ4n) is 1.29. The predicted molar refractivity (Wildman–Crippen MR) is 56.7 cm³/mol. The number of halogens is 3. The highest BCUT2D eigenvalue weighted by molar-refractivity contribution is 9.10. The Kier molecular flexibility index (Phi) is 2.86. The van der Waals surface area contributed by atoms with Gasteiger partial charge >= 0.3 is 6.61 Å². The highest BCUT2D eigenvalue weighted by Crippen LogP contribution is 2.24. The van der Waals surface area contributed by atoms with Gasteiger partial charge in [-0.3, -0.25) is 4.79 Å². The second-order valence-corrected chi connectivity index (χ2v) is 3.84. The van der Waals surface area contributed by atoms with Crippen LogP contribution in [0.15, 0.2) is 27.5 Å². The Morgan fingerprint density at radius 3 is 2.81 bits per heavy atom. The standard InChI is InChI=1S/C9H5BrF2N2O2/c10-4-1-2-5-6(3-4)8(16-9(11)12)14-13-7(5)15/h1-3,9H,(H,13,15). The molecule has 84 valence electrons. The molecule has 16 heavy (non-hydrogen) atoms. The van der Waals surface area contributed by atoms with E-state index in [1.165, 1.54) is 12.1 Å². The molecule has 1 aromatic heterocycles. The summed E-state index contributed by atoms with van der Waals surface area (Å²) in [6.45, 7) is -2.99. The summed E-state index contributed by atoms with van der Waals surface area (Å²) in [7, 11) is 0. The maximum absolute atomic E-state index is 12.1. The third-order valence-corrected chi connectivity index (χ3v) is 2.41. The van der Waals surface area contributed by atoms with Gasteiger partial charge in [-0.25, -0.2) is 5.10 Å². The Hall–Kier alpha value is -1.50. The first-order valence-electron chi connectivity index (χ1n) is 4.20. The summed E-state index contributed by atoms with van der Waals surface area (Å²) in [6, 6.07) is 4.62. The van der Waals surface area contributed by atoms with Crippen LogP contribution in [0.3, 0.4) is 0 Å². The number of fused-ring (bicyclic) bond motifs is 1. The Morgan fingerprint density at radius 2 is 2.12 bits per heavy atom. The summed E-state index contributed by atoms with van der Waals surface area (Å²) >= 11 is 3.17. The van der Waals surface area contributed by atoms with Crippen LogP contribution >= 0.6 is 15.9 Å². The summed E-state index contributed by atoms with van der Waals surface area (Å²) in [5, 5.41) is 5.99. The van der Waals surface area contributed by atoms with Crippen LogP contribution in [0.5, 0.6) is 5.88 Å². The van der Waals surface area contributed by atoms with Crippen molar-refractivity contribution >= 4 is 26.7 Å². The van der Waals surface area contributed by atoms with Crippen molar-refractivity contribution in [1.29, 1.82) is 0 Å². The van der Waals surface area contributed by atoms with Gasteiger partial charge in [0.15, 0.2) is 0 Å². The molecule has 2 aromatic rings. The number of aromatic nitrogens is 2. The first-order chi connectivity index (χ1) is 7.58. The fourth-order valence-corrected chi connectivity index (χ4v) is 1.65. The number of aromatic amines is 1. The molecular formula is C9H5BrF2N2O2. The highest BCUT2D eigenvalue weighted by Gasteiger charge is 2.12. The number of H-pyrrole nitrogens is 1. The number of hydrogen-bond donors (Lipinski definition) is 1. The molecule has 1 N–H and O–H groups in total. The fraction of sp³-hybridized carbons (Fsp3) is 0.111. The summed E-state index contributed by atoms with van der Waals surface area (Å²) in [5.41, 5.74) is -0.455.